The monoisotopic (exact) mass is 604 g/mol. The van der Waals surface area contributed by atoms with Crippen LogP contribution in [0.25, 0.3) is 11.4 Å². The summed E-state index contributed by atoms with van der Waals surface area (Å²) in [5, 5.41) is 8.57. The Morgan fingerprint density at radius 1 is 0.658 bits per heavy atom. The van der Waals surface area contributed by atoms with Gasteiger partial charge in [-0.15, -0.1) is 0 Å². The second-order valence-corrected chi connectivity index (χ2v) is 8.91. The number of carbonyl (C=O) groups is 4. The Hall–Kier alpha value is -3.76. The van der Waals surface area contributed by atoms with Crippen molar-refractivity contribution in [3.63, 3.8) is 0 Å². The van der Waals surface area contributed by atoms with Gasteiger partial charge in [0.15, 0.2) is 0 Å². The van der Waals surface area contributed by atoms with Crippen LogP contribution in [0.15, 0.2) is 72.0 Å². The normalized spacial score (nSPS) is 19.2. The number of carbonyl (C=O) groups excluding carboxylic acids is 4. The van der Waals surface area contributed by atoms with E-state index in [1.54, 1.807) is 12.4 Å². The molecular weight excluding hydrogens is 577 g/mol. The van der Waals surface area contributed by atoms with Gasteiger partial charge in [0.1, 0.15) is 11.4 Å². The molecule has 7 rings (SSSR count). The van der Waals surface area contributed by atoms with Crippen LogP contribution in [0.2, 0.25) is 0 Å². The Kier molecular flexibility index (Phi) is 8.43. The van der Waals surface area contributed by atoms with Crippen molar-refractivity contribution in [2.75, 3.05) is 39.3 Å². The summed E-state index contributed by atoms with van der Waals surface area (Å²) in [4.78, 5) is 59.3. The number of allylic oxidation sites excluding steroid dienone is 1. The van der Waals surface area contributed by atoms with Gasteiger partial charge in [-0.2, -0.15) is 5.06 Å². The Morgan fingerprint density at radius 2 is 1.13 bits per heavy atom. The van der Waals surface area contributed by atoms with Crippen LogP contribution in [0.4, 0.5) is 0 Å². The van der Waals surface area contributed by atoms with E-state index in [0.29, 0.717) is 17.1 Å². The number of rotatable bonds is 4. The molecule has 4 saturated heterocycles. The third-order valence-corrected chi connectivity index (χ3v) is 6.11. The fourth-order valence-corrected chi connectivity index (χ4v) is 3.87. The van der Waals surface area contributed by atoms with E-state index >= 15 is 0 Å². The molecule has 12 heteroatoms. The van der Waals surface area contributed by atoms with Crippen LogP contribution in [-0.2, 0) is 38.7 Å². The standard InChI is InChI=1S/C12H13N3O2.C10H8N2.C4H5NO3.Ru/c16-9-7-8(13-1-2-13)12(17)11(15-5-6-15)10(9)14-3-4-14;1-3-7-11-9(5-1)10-6-2-4-8-12-10;6-3-1-2-4(7)5(3)8;/h7H,1-6H2;1-8H;8H,1-2H2;. The fraction of sp³-hybridized carbons (Fsp3) is 0.308. The Bertz CT molecular complexity index is 1230. The summed E-state index contributed by atoms with van der Waals surface area (Å²) in [6.45, 7) is 5.41. The van der Waals surface area contributed by atoms with E-state index in [1.165, 1.54) is 6.08 Å². The number of hydroxylamine groups is 2. The zero-order valence-electron chi connectivity index (χ0n) is 20.5. The van der Waals surface area contributed by atoms with Crippen molar-refractivity contribution in [3.8, 4) is 11.4 Å². The molecule has 0 spiro atoms. The quantitative estimate of drug-likeness (QED) is 0.177. The first kappa shape index (κ1) is 27.3. The maximum absolute atomic E-state index is 12.4. The first-order chi connectivity index (χ1) is 17.9. The molecule has 6 heterocycles. The van der Waals surface area contributed by atoms with Crippen molar-refractivity contribution in [1.29, 1.82) is 0 Å². The van der Waals surface area contributed by atoms with E-state index in [2.05, 4.69) is 9.97 Å². The Balaban J connectivity index is 0.000000141. The van der Waals surface area contributed by atoms with Gasteiger partial charge in [0, 0.05) is 90.1 Å². The number of pyridine rings is 2. The predicted molar refractivity (Wildman–Crippen MR) is 130 cm³/mol. The summed E-state index contributed by atoms with van der Waals surface area (Å²) in [5.41, 5.74) is 3.72. The number of amides is 2. The number of ketones is 2. The zero-order chi connectivity index (χ0) is 25.9. The summed E-state index contributed by atoms with van der Waals surface area (Å²) in [7, 11) is 0. The molecule has 4 fully saturated rings. The fourth-order valence-electron chi connectivity index (χ4n) is 3.87. The van der Waals surface area contributed by atoms with Crippen LogP contribution in [0.5, 0.6) is 0 Å². The van der Waals surface area contributed by atoms with Gasteiger partial charge in [-0.25, -0.2) is 0 Å². The van der Waals surface area contributed by atoms with Gasteiger partial charge >= 0.3 is 0 Å². The van der Waals surface area contributed by atoms with Gasteiger partial charge in [0.2, 0.25) is 11.6 Å². The molecule has 2 amide bonds. The van der Waals surface area contributed by atoms with Crippen molar-refractivity contribution in [3.05, 3.63) is 72.0 Å². The van der Waals surface area contributed by atoms with Crippen molar-refractivity contribution in [1.82, 2.24) is 29.7 Å². The van der Waals surface area contributed by atoms with E-state index in [1.807, 2.05) is 51.1 Å². The minimum absolute atomic E-state index is 0. The van der Waals surface area contributed by atoms with Crippen molar-refractivity contribution in [2.24, 2.45) is 0 Å². The zero-order valence-corrected chi connectivity index (χ0v) is 22.2. The van der Waals surface area contributed by atoms with E-state index in [0.717, 1.165) is 50.7 Å². The molecule has 38 heavy (non-hydrogen) atoms. The largest absolute Gasteiger partial charge is 0.365 e. The van der Waals surface area contributed by atoms with Crippen LogP contribution < -0.4 is 0 Å². The molecule has 198 valence electrons. The molecule has 0 unspecified atom stereocenters. The number of Topliss-reactive ketones (excluding diaryl/α,β-unsaturated/α-hetero) is 1. The van der Waals surface area contributed by atoms with Gasteiger partial charge in [0.25, 0.3) is 11.8 Å². The van der Waals surface area contributed by atoms with Crippen LogP contribution in [0, 0.1) is 0 Å². The van der Waals surface area contributed by atoms with Crippen LogP contribution >= 0.6 is 0 Å². The van der Waals surface area contributed by atoms with E-state index in [9.17, 15) is 19.2 Å². The number of imide groups is 1. The molecule has 4 aliphatic heterocycles. The minimum Gasteiger partial charge on any atom is -0.365 e. The number of hydrogen-bond donors (Lipinski definition) is 1. The van der Waals surface area contributed by atoms with Crippen molar-refractivity contribution >= 4 is 23.4 Å². The molecule has 1 N–H and O–H groups in total. The maximum atomic E-state index is 12.4. The third kappa shape index (κ3) is 6.38. The summed E-state index contributed by atoms with van der Waals surface area (Å²) < 4.78 is 0. The van der Waals surface area contributed by atoms with Crippen molar-refractivity contribution < 1.29 is 43.9 Å². The summed E-state index contributed by atoms with van der Waals surface area (Å²) >= 11 is 0. The third-order valence-electron chi connectivity index (χ3n) is 6.11. The van der Waals surface area contributed by atoms with Crippen LogP contribution in [0.1, 0.15) is 12.8 Å². The van der Waals surface area contributed by atoms with E-state index in [-0.39, 0.29) is 48.9 Å². The second-order valence-electron chi connectivity index (χ2n) is 8.91. The molecule has 0 radical (unpaired) electrons. The van der Waals surface area contributed by atoms with Gasteiger partial charge in [-0.3, -0.25) is 34.4 Å². The first-order valence-corrected chi connectivity index (χ1v) is 12.1. The molecule has 2 aromatic rings. The van der Waals surface area contributed by atoms with Gasteiger partial charge in [0.05, 0.1) is 17.1 Å². The molecular formula is C26H26N6O5Ru. The summed E-state index contributed by atoms with van der Waals surface area (Å²) in [6.07, 6.45) is 5.36. The Labute approximate surface area is 232 Å². The first-order valence-electron chi connectivity index (χ1n) is 12.1. The minimum atomic E-state index is -0.505. The van der Waals surface area contributed by atoms with Crippen molar-refractivity contribution in [2.45, 2.75) is 12.8 Å². The molecule has 11 nitrogen and oxygen atoms in total. The molecule has 0 bridgehead atoms. The van der Waals surface area contributed by atoms with Gasteiger partial charge < -0.3 is 14.7 Å². The molecule has 0 aromatic carbocycles. The molecule has 1 aliphatic carbocycles. The molecule has 0 saturated carbocycles. The summed E-state index contributed by atoms with van der Waals surface area (Å²) in [5.74, 6) is -0.961. The average Bonchev–Trinajstić information content (AvgIpc) is 3.78. The second kappa shape index (κ2) is 11.7. The molecule has 2 aromatic heterocycles. The SMILES string of the molecule is O=C1C=C(N2CC2)C(=O)C(N2CC2)=C1N1CC1.O=C1CCC(=O)N1O.[Ru].c1ccc(-c2ccccn2)nc1. The summed E-state index contributed by atoms with van der Waals surface area (Å²) in [6, 6.07) is 11.6. The predicted octanol–water partition coefficient (Wildman–Crippen LogP) is 0.846. The number of nitrogens with zero attached hydrogens (tertiary/aromatic N) is 6. The topological polar surface area (TPSA) is 127 Å². The van der Waals surface area contributed by atoms with Crippen LogP contribution in [-0.4, -0.2) is 97.6 Å². The van der Waals surface area contributed by atoms with Crippen LogP contribution in [0.3, 0.4) is 0 Å². The average molecular weight is 604 g/mol. The maximum Gasteiger partial charge on any atom is 0.253 e. The number of hydrogen-bond acceptors (Lipinski definition) is 10. The van der Waals surface area contributed by atoms with Gasteiger partial charge in [-0.1, -0.05) is 12.1 Å². The molecule has 5 aliphatic rings. The van der Waals surface area contributed by atoms with Gasteiger partial charge in [-0.05, 0) is 24.3 Å². The smallest absolute Gasteiger partial charge is 0.253 e. The van der Waals surface area contributed by atoms with E-state index < -0.39 is 11.8 Å². The molecule has 0 atom stereocenters. The number of aromatic nitrogens is 2. The van der Waals surface area contributed by atoms with E-state index in [4.69, 9.17) is 5.21 Å². The Morgan fingerprint density at radius 3 is 1.50 bits per heavy atom.